The summed E-state index contributed by atoms with van der Waals surface area (Å²) in [7, 11) is 0.123. The minimum absolute atomic E-state index is 0.0100. The molecule has 0 radical (unpaired) electrons. The Hall–Kier alpha value is -1.37. The number of sulfonamides is 1. The fourth-order valence-corrected chi connectivity index (χ4v) is 2.84. The van der Waals surface area contributed by atoms with Crippen LogP contribution >= 0.6 is 0 Å². The molecule has 19 heavy (non-hydrogen) atoms. The van der Waals surface area contributed by atoms with Crippen molar-refractivity contribution in [3.8, 4) is 0 Å². The van der Waals surface area contributed by atoms with Crippen molar-refractivity contribution >= 4 is 20.9 Å². The summed E-state index contributed by atoms with van der Waals surface area (Å²) in [5.74, 6) is 0.0100. The predicted molar refractivity (Wildman–Crippen MR) is 77.6 cm³/mol. The number of likely N-dealkylation sites (N-methyl/N-ethyl adjacent to an activating group) is 1. The van der Waals surface area contributed by atoms with E-state index >= 15 is 0 Å². The molecule has 0 unspecified atom stereocenters. The second-order valence-electron chi connectivity index (χ2n) is 4.51. The second-order valence-corrected chi connectivity index (χ2v) is 6.44. The Balaban J connectivity index is 2.33. The van der Waals surface area contributed by atoms with Gasteiger partial charge in [0.1, 0.15) is 0 Å². The zero-order chi connectivity index (χ0) is 13.9. The number of benzene rings is 1. The predicted octanol–water partition coefficient (Wildman–Crippen LogP) is 0.979. The van der Waals surface area contributed by atoms with Gasteiger partial charge in [0.2, 0.25) is 10.0 Å². The third-order valence-corrected chi connectivity index (χ3v) is 4.48. The van der Waals surface area contributed by atoms with Crippen molar-refractivity contribution in [3.05, 3.63) is 35.5 Å². The maximum atomic E-state index is 11.6. The minimum atomic E-state index is -3.23. The SMILES string of the molecule is CNCCc1c[nH]c2ccc(CS(=O)(=O)NC)cc12. The second kappa shape index (κ2) is 5.73. The molecule has 0 spiro atoms. The first-order valence-electron chi connectivity index (χ1n) is 6.20. The van der Waals surface area contributed by atoms with Crippen LogP contribution in [0.2, 0.25) is 0 Å². The van der Waals surface area contributed by atoms with Crippen LogP contribution in [0.5, 0.6) is 0 Å². The Morgan fingerprint density at radius 1 is 1.26 bits per heavy atom. The van der Waals surface area contributed by atoms with Crippen molar-refractivity contribution < 1.29 is 8.42 Å². The summed E-state index contributed by atoms with van der Waals surface area (Å²) in [6.45, 7) is 0.895. The number of aromatic amines is 1. The lowest BCUT2D eigenvalue weighted by Gasteiger charge is -2.04. The van der Waals surface area contributed by atoms with Crippen LogP contribution in [0.4, 0.5) is 0 Å². The first kappa shape index (κ1) is 14.0. The molecule has 0 saturated heterocycles. The molecule has 0 bridgehead atoms. The van der Waals surface area contributed by atoms with E-state index in [1.165, 1.54) is 12.6 Å². The highest BCUT2D eigenvalue weighted by Gasteiger charge is 2.10. The van der Waals surface area contributed by atoms with Gasteiger partial charge in [0.25, 0.3) is 0 Å². The van der Waals surface area contributed by atoms with Gasteiger partial charge < -0.3 is 10.3 Å². The number of hydrogen-bond acceptors (Lipinski definition) is 3. The Morgan fingerprint density at radius 2 is 2.05 bits per heavy atom. The monoisotopic (exact) mass is 281 g/mol. The third-order valence-electron chi connectivity index (χ3n) is 3.14. The van der Waals surface area contributed by atoms with Gasteiger partial charge in [-0.3, -0.25) is 0 Å². The molecule has 0 amide bonds. The molecule has 0 aliphatic rings. The van der Waals surface area contributed by atoms with Gasteiger partial charge in [-0.25, -0.2) is 13.1 Å². The Labute approximate surface area is 113 Å². The maximum absolute atomic E-state index is 11.6. The molecular formula is C13H19N3O2S. The van der Waals surface area contributed by atoms with E-state index in [1.54, 1.807) is 0 Å². The van der Waals surface area contributed by atoms with Gasteiger partial charge >= 0.3 is 0 Å². The van der Waals surface area contributed by atoms with Gasteiger partial charge in [-0.05, 0) is 50.3 Å². The number of fused-ring (bicyclic) bond motifs is 1. The third kappa shape index (κ3) is 3.34. The van der Waals surface area contributed by atoms with Crippen molar-refractivity contribution in [2.24, 2.45) is 0 Å². The van der Waals surface area contributed by atoms with Gasteiger partial charge in [0.15, 0.2) is 0 Å². The molecule has 5 nitrogen and oxygen atoms in total. The lowest BCUT2D eigenvalue weighted by Crippen LogP contribution is -2.20. The van der Waals surface area contributed by atoms with Crippen molar-refractivity contribution in [2.45, 2.75) is 12.2 Å². The largest absolute Gasteiger partial charge is 0.361 e. The smallest absolute Gasteiger partial charge is 0.215 e. The summed E-state index contributed by atoms with van der Waals surface area (Å²) < 4.78 is 25.5. The van der Waals surface area contributed by atoms with Crippen molar-refractivity contribution in [1.29, 1.82) is 0 Å². The topological polar surface area (TPSA) is 74.0 Å². The summed E-state index contributed by atoms with van der Waals surface area (Å²) in [6, 6.07) is 5.72. The zero-order valence-corrected chi connectivity index (χ0v) is 12.0. The van der Waals surface area contributed by atoms with E-state index in [-0.39, 0.29) is 5.75 Å². The van der Waals surface area contributed by atoms with Gasteiger partial charge in [-0.15, -0.1) is 0 Å². The van der Waals surface area contributed by atoms with Crippen LogP contribution in [0.1, 0.15) is 11.1 Å². The van der Waals surface area contributed by atoms with Crippen molar-refractivity contribution in [2.75, 3.05) is 20.6 Å². The molecule has 0 aliphatic heterocycles. The Morgan fingerprint density at radius 3 is 2.74 bits per heavy atom. The summed E-state index contributed by atoms with van der Waals surface area (Å²) >= 11 is 0. The molecule has 0 aliphatic carbocycles. The molecule has 1 heterocycles. The van der Waals surface area contributed by atoms with Crippen LogP contribution in [0.15, 0.2) is 24.4 Å². The van der Waals surface area contributed by atoms with Crippen LogP contribution < -0.4 is 10.0 Å². The van der Waals surface area contributed by atoms with Gasteiger partial charge in [-0.2, -0.15) is 0 Å². The summed E-state index contributed by atoms with van der Waals surface area (Å²) in [5, 5.41) is 4.21. The van der Waals surface area contributed by atoms with E-state index in [0.29, 0.717) is 0 Å². The molecule has 1 aromatic heterocycles. The highest BCUT2D eigenvalue weighted by Crippen LogP contribution is 2.21. The number of H-pyrrole nitrogens is 1. The Kier molecular flexibility index (Phi) is 4.24. The molecule has 6 heteroatoms. The lowest BCUT2D eigenvalue weighted by molar-refractivity contribution is 0.587. The van der Waals surface area contributed by atoms with Crippen molar-refractivity contribution in [3.63, 3.8) is 0 Å². The quantitative estimate of drug-likeness (QED) is 0.739. The molecule has 3 N–H and O–H groups in total. The number of aromatic nitrogens is 1. The van der Waals surface area contributed by atoms with Crippen LogP contribution in [0.25, 0.3) is 10.9 Å². The van der Waals surface area contributed by atoms with Crippen LogP contribution in [0.3, 0.4) is 0 Å². The molecular weight excluding hydrogens is 262 g/mol. The standard InChI is InChI=1S/C13H19N3O2S/c1-14-6-5-11-8-16-13-4-3-10(7-12(11)13)9-19(17,18)15-2/h3-4,7-8,14-16H,5-6,9H2,1-2H3. The summed E-state index contributed by atoms with van der Waals surface area (Å²) in [6.07, 6.45) is 2.90. The molecule has 2 aromatic rings. The fraction of sp³-hybridized carbons (Fsp3) is 0.385. The molecule has 104 valence electrons. The van der Waals surface area contributed by atoms with E-state index in [4.69, 9.17) is 0 Å². The minimum Gasteiger partial charge on any atom is -0.361 e. The highest BCUT2D eigenvalue weighted by atomic mass is 32.2. The molecule has 1 aromatic carbocycles. The van der Waals surface area contributed by atoms with Crippen LogP contribution in [-0.2, 0) is 22.2 Å². The summed E-state index contributed by atoms with van der Waals surface area (Å²) in [5.41, 5.74) is 3.04. The number of hydrogen-bond donors (Lipinski definition) is 3. The van der Waals surface area contributed by atoms with Gasteiger partial charge in [-0.1, -0.05) is 6.07 Å². The number of nitrogens with one attached hydrogen (secondary N) is 3. The first-order chi connectivity index (χ1) is 9.05. The summed E-state index contributed by atoms with van der Waals surface area (Å²) in [4.78, 5) is 3.21. The average molecular weight is 281 g/mol. The zero-order valence-electron chi connectivity index (χ0n) is 11.2. The number of rotatable bonds is 6. The van der Waals surface area contributed by atoms with E-state index < -0.39 is 10.0 Å². The average Bonchev–Trinajstić information content (AvgIpc) is 2.78. The van der Waals surface area contributed by atoms with Crippen LogP contribution in [-0.4, -0.2) is 34.0 Å². The maximum Gasteiger partial charge on any atom is 0.215 e. The van der Waals surface area contributed by atoms with E-state index in [0.717, 1.165) is 29.4 Å². The van der Waals surface area contributed by atoms with Gasteiger partial charge in [0.05, 0.1) is 5.75 Å². The Bertz CT molecular complexity index is 662. The molecule has 2 rings (SSSR count). The molecule has 0 atom stereocenters. The highest BCUT2D eigenvalue weighted by molar-refractivity contribution is 7.88. The van der Waals surface area contributed by atoms with Gasteiger partial charge in [0, 0.05) is 17.1 Å². The van der Waals surface area contributed by atoms with E-state index in [9.17, 15) is 8.42 Å². The van der Waals surface area contributed by atoms with E-state index in [2.05, 4.69) is 15.0 Å². The fourth-order valence-electron chi connectivity index (χ4n) is 2.07. The van der Waals surface area contributed by atoms with E-state index in [1.807, 2.05) is 31.4 Å². The molecule has 0 fully saturated rings. The molecule has 0 saturated carbocycles. The van der Waals surface area contributed by atoms with Crippen molar-refractivity contribution in [1.82, 2.24) is 15.0 Å². The lowest BCUT2D eigenvalue weighted by atomic mass is 10.1. The van der Waals surface area contributed by atoms with Crippen LogP contribution in [0, 0.1) is 0 Å². The first-order valence-corrected chi connectivity index (χ1v) is 7.85. The normalized spacial score (nSPS) is 12.1.